The van der Waals surface area contributed by atoms with Gasteiger partial charge >= 0.3 is 0 Å². The van der Waals surface area contributed by atoms with Gasteiger partial charge in [-0.1, -0.05) is 24.3 Å². The smallest absolute Gasteiger partial charge is 0.189 e. The van der Waals surface area contributed by atoms with Crippen molar-refractivity contribution in [2.75, 3.05) is 6.61 Å². The molecule has 0 radical (unpaired) electrons. The molecule has 27 heavy (non-hydrogen) atoms. The number of guanidine groups is 1. The predicted octanol–water partition coefficient (Wildman–Crippen LogP) is 4.33. The Hall–Kier alpha value is -2.22. The number of para-hydroxylation sites is 1. The van der Waals surface area contributed by atoms with Crippen LogP contribution in [0.3, 0.4) is 0 Å². The molecule has 0 bridgehead atoms. The number of aromatic nitrogens is 1. The van der Waals surface area contributed by atoms with E-state index in [4.69, 9.17) is 10.5 Å². The van der Waals surface area contributed by atoms with E-state index in [-0.39, 0.29) is 30.0 Å². The monoisotopic (exact) mass is 476 g/mol. The molecule has 3 aromatic rings. The number of halogens is 1. The molecule has 6 heteroatoms. The summed E-state index contributed by atoms with van der Waals surface area (Å²) in [6, 6.07) is 14.6. The molecule has 0 spiro atoms. The molecular weight excluding hydrogens is 451 g/mol. The van der Waals surface area contributed by atoms with Gasteiger partial charge in [-0.15, -0.1) is 24.0 Å². The van der Waals surface area contributed by atoms with E-state index in [9.17, 15) is 0 Å². The number of nitrogens with one attached hydrogen (secondary N) is 2. The number of nitrogens with zero attached hydrogens (tertiary/aromatic N) is 1. The molecular formula is C21H25IN4O. The van der Waals surface area contributed by atoms with Crippen LogP contribution in [-0.4, -0.2) is 17.6 Å². The Morgan fingerprint density at radius 3 is 2.93 bits per heavy atom. The highest BCUT2D eigenvalue weighted by atomic mass is 127. The number of aryl methyl sites for hydroxylation is 2. The number of aromatic amines is 1. The first-order chi connectivity index (χ1) is 12.6. The van der Waals surface area contributed by atoms with Crippen molar-refractivity contribution < 1.29 is 4.74 Å². The SMILES string of the molecule is Cc1[nH]c2ccc(CN=C(N)NC3CCOc4ccccc43)cc2c1C.I. The number of nitrogens with two attached hydrogens (primary N) is 1. The van der Waals surface area contributed by atoms with Gasteiger partial charge in [0.1, 0.15) is 5.75 Å². The van der Waals surface area contributed by atoms with Crippen molar-refractivity contribution >= 4 is 40.8 Å². The fraction of sp³-hybridized carbons (Fsp3) is 0.286. The average Bonchev–Trinajstić information content (AvgIpc) is 2.94. The minimum Gasteiger partial charge on any atom is -0.493 e. The molecule has 2 heterocycles. The zero-order valence-corrected chi connectivity index (χ0v) is 17.9. The van der Waals surface area contributed by atoms with Gasteiger partial charge in [0.05, 0.1) is 19.2 Å². The first kappa shape index (κ1) is 19.5. The van der Waals surface area contributed by atoms with Gasteiger partial charge in [-0.25, -0.2) is 4.99 Å². The highest BCUT2D eigenvalue weighted by Gasteiger charge is 2.21. The molecule has 1 aromatic heterocycles. The van der Waals surface area contributed by atoms with Gasteiger partial charge in [-0.2, -0.15) is 0 Å². The first-order valence-corrected chi connectivity index (χ1v) is 8.98. The molecule has 0 fully saturated rings. The number of rotatable bonds is 3. The minimum absolute atomic E-state index is 0. The van der Waals surface area contributed by atoms with Crippen LogP contribution in [0.5, 0.6) is 5.75 Å². The van der Waals surface area contributed by atoms with Crippen LogP contribution in [0.2, 0.25) is 0 Å². The Bertz CT molecular complexity index is 979. The van der Waals surface area contributed by atoms with Crippen molar-refractivity contribution in [3.8, 4) is 5.75 Å². The van der Waals surface area contributed by atoms with Crippen LogP contribution in [0.25, 0.3) is 10.9 Å². The normalized spacial score (nSPS) is 16.4. The van der Waals surface area contributed by atoms with E-state index in [1.807, 2.05) is 18.2 Å². The van der Waals surface area contributed by atoms with E-state index in [0.29, 0.717) is 19.1 Å². The Kier molecular flexibility index (Phi) is 5.94. The van der Waals surface area contributed by atoms with Crippen LogP contribution in [0.15, 0.2) is 47.5 Å². The van der Waals surface area contributed by atoms with Crippen molar-refractivity contribution in [3.05, 3.63) is 64.8 Å². The minimum atomic E-state index is 0. The molecule has 1 unspecified atom stereocenters. The average molecular weight is 476 g/mol. The van der Waals surface area contributed by atoms with Crippen molar-refractivity contribution in [3.63, 3.8) is 0 Å². The van der Waals surface area contributed by atoms with E-state index in [1.165, 1.54) is 16.6 Å². The molecule has 4 N–H and O–H groups in total. The largest absolute Gasteiger partial charge is 0.493 e. The Morgan fingerprint density at radius 1 is 1.26 bits per heavy atom. The summed E-state index contributed by atoms with van der Waals surface area (Å²) in [4.78, 5) is 7.93. The summed E-state index contributed by atoms with van der Waals surface area (Å²) >= 11 is 0. The quantitative estimate of drug-likeness (QED) is 0.299. The summed E-state index contributed by atoms with van der Waals surface area (Å²) in [5.41, 5.74) is 12.1. The highest BCUT2D eigenvalue weighted by molar-refractivity contribution is 14.0. The summed E-state index contributed by atoms with van der Waals surface area (Å²) in [7, 11) is 0. The molecule has 1 aliphatic rings. The number of benzene rings is 2. The molecule has 2 aromatic carbocycles. The Labute approximate surface area is 176 Å². The number of hydrogen-bond donors (Lipinski definition) is 3. The number of ether oxygens (including phenoxy) is 1. The lowest BCUT2D eigenvalue weighted by Crippen LogP contribution is -2.37. The zero-order valence-electron chi connectivity index (χ0n) is 15.6. The number of aliphatic imine (C=N–C) groups is 1. The van der Waals surface area contributed by atoms with Gasteiger partial charge < -0.3 is 20.8 Å². The highest BCUT2D eigenvalue weighted by Crippen LogP contribution is 2.31. The molecule has 0 saturated carbocycles. The van der Waals surface area contributed by atoms with Gasteiger partial charge in [0, 0.05) is 28.6 Å². The third kappa shape index (κ3) is 4.05. The summed E-state index contributed by atoms with van der Waals surface area (Å²) < 4.78 is 5.69. The van der Waals surface area contributed by atoms with Crippen molar-refractivity contribution in [2.45, 2.75) is 32.9 Å². The molecule has 4 rings (SSSR count). The molecule has 1 atom stereocenters. The lowest BCUT2D eigenvalue weighted by atomic mass is 10.0. The number of fused-ring (bicyclic) bond motifs is 2. The van der Waals surface area contributed by atoms with Crippen LogP contribution >= 0.6 is 24.0 Å². The Morgan fingerprint density at radius 2 is 2.07 bits per heavy atom. The zero-order chi connectivity index (χ0) is 18.1. The molecule has 0 aliphatic carbocycles. The molecule has 142 valence electrons. The fourth-order valence-corrected chi connectivity index (χ4v) is 3.50. The standard InChI is InChI=1S/C21H24N4O.HI/c1-13-14(2)24-18-8-7-15(11-17(13)18)12-23-21(22)25-19-9-10-26-20-6-4-3-5-16(19)20;/h3-8,11,19,24H,9-10,12H2,1-2H3,(H3,22,23,25);1H. The molecule has 0 amide bonds. The maximum absolute atomic E-state index is 6.15. The number of hydrogen-bond acceptors (Lipinski definition) is 2. The lowest BCUT2D eigenvalue weighted by molar-refractivity contribution is 0.262. The van der Waals surface area contributed by atoms with Gasteiger partial charge in [0.2, 0.25) is 0 Å². The maximum Gasteiger partial charge on any atom is 0.189 e. The summed E-state index contributed by atoms with van der Waals surface area (Å²) in [6.45, 7) is 5.48. The van der Waals surface area contributed by atoms with Crippen LogP contribution in [0.4, 0.5) is 0 Å². The van der Waals surface area contributed by atoms with Crippen LogP contribution in [0.1, 0.15) is 34.8 Å². The topological polar surface area (TPSA) is 75.4 Å². The second-order valence-corrected chi connectivity index (χ2v) is 6.83. The van der Waals surface area contributed by atoms with E-state index >= 15 is 0 Å². The van der Waals surface area contributed by atoms with E-state index in [0.717, 1.165) is 28.8 Å². The van der Waals surface area contributed by atoms with Crippen LogP contribution in [0, 0.1) is 13.8 Å². The summed E-state index contributed by atoms with van der Waals surface area (Å²) in [5.74, 6) is 1.39. The lowest BCUT2D eigenvalue weighted by Gasteiger charge is -2.26. The van der Waals surface area contributed by atoms with Gasteiger partial charge in [0.15, 0.2) is 5.96 Å². The van der Waals surface area contributed by atoms with Crippen LogP contribution < -0.4 is 15.8 Å². The molecule has 1 aliphatic heterocycles. The third-order valence-corrected chi connectivity index (χ3v) is 5.09. The number of H-pyrrole nitrogens is 1. The van der Waals surface area contributed by atoms with Gasteiger partial charge in [-0.3, -0.25) is 0 Å². The maximum atomic E-state index is 6.15. The van der Waals surface area contributed by atoms with E-state index in [1.54, 1.807) is 0 Å². The Balaban J connectivity index is 0.00000210. The van der Waals surface area contributed by atoms with Crippen LogP contribution in [-0.2, 0) is 6.54 Å². The third-order valence-electron chi connectivity index (χ3n) is 5.09. The van der Waals surface area contributed by atoms with Crippen molar-refractivity contribution in [2.24, 2.45) is 10.7 Å². The fourth-order valence-electron chi connectivity index (χ4n) is 3.50. The van der Waals surface area contributed by atoms with Crippen molar-refractivity contribution in [1.82, 2.24) is 10.3 Å². The predicted molar refractivity (Wildman–Crippen MR) is 121 cm³/mol. The van der Waals surface area contributed by atoms with Gasteiger partial charge in [-0.05, 0) is 43.2 Å². The summed E-state index contributed by atoms with van der Waals surface area (Å²) in [5, 5.41) is 4.59. The van der Waals surface area contributed by atoms with E-state index in [2.05, 4.69) is 53.4 Å². The first-order valence-electron chi connectivity index (χ1n) is 8.98. The molecule has 5 nitrogen and oxygen atoms in total. The molecule has 0 saturated heterocycles. The van der Waals surface area contributed by atoms with E-state index < -0.39 is 0 Å². The van der Waals surface area contributed by atoms with Gasteiger partial charge in [0.25, 0.3) is 0 Å². The second kappa shape index (κ2) is 8.21. The van der Waals surface area contributed by atoms with Crippen molar-refractivity contribution in [1.29, 1.82) is 0 Å². The summed E-state index contributed by atoms with van der Waals surface area (Å²) in [6.07, 6.45) is 0.876. The second-order valence-electron chi connectivity index (χ2n) is 6.83.